The van der Waals surface area contributed by atoms with Crippen LogP contribution in [0.3, 0.4) is 0 Å². The molecule has 0 nitrogen and oxygen atoms in total. The van der Waals surface area contributed by atoms with Crippen molar-refractivity contribution in [2.75, 3.05) is 0 Å². The van der Waals surface area contributed by atoms with Gasteiger partial charge in [-0.15, -0.1) is 0 Å². The molecule has 0 heterocycles. The van der Waals surface area contributed by atoms with Crippen molar-refractivity contribution in [1.29, 1.82) is 0 Å². The van der Waals surface area contributed by atoms with Gasteiger partial charge in [0.15, 0.2) is 0 Å². The van der Waals surface area contributed by atoms with Gasteiger partial charge in [-0.25, -0.2) is 0 Å². The maximum absolute atomic E-state index is 4.93. The van der Waals surface area contributed by atoms with Crippen molar-refractivity contribution in [2.45, 2.75) is 53.4 Å². The van der Waals surface area contributed by atoms with Crippen LogP contribution in [0.1, 0.15) is 53.4 Å². The molecular formula is C34H40Cl4Zr2. The Labute approximate surface area is 287 Å². The second-order valence-corrected chi connectivity index (χ2v) is 19.6. The molecule has 0 saturated heterocycles. The molecule has 4 unspecified atom stereocenters. The van der Waals surface area contributed by atoms with Crippen LogP contribution in [0.4, 0.5) is 0 Å². The van der Waals surface area contributed by atoms with E-state index in [9.17, 15) is 0 Å². The van der Waals surface area contributed by atoms with Crippen LogP contribution in [0.25, 0.3) is 0 Å². The van der Waals surface area contributed by atoms with Crippen LogP contribution in [0.5, 0.6) is 0 Å². The summed E-state index contributed by atoms with van der Waals surface area (Å²) in [4.78, 5) is 0. The van der Waals surface area contributed by atoms with Gasteiger partial charge in [-0.05, 0) is 187 Å². The van der Waals surface area contributed by atoms with Crippen LogP contribution in [-0.2, 0) is 41.7 Å². The topological polar surface area (TPSA) is 0 Å². The van der Waals surface area contributed by atoms with Crippen LogP contribution in [-0.4, -0.2) is 0 Å². The number of hydrogen-bond donors (Lipinski definition) is 0. The summed E-state index contributed by atoms with van der Waals surface area (Å²) in [6.07, 6.45) is 39.3. The van der Waals surface area contributed by atoms with Crippen LogP contribution in [0.15, 0.2) is 0 Å². The van der Waals surface area contributed by atoms with E-state index in [0.717, 1.165) is 23.7 Å². The average molecular weight is 773 g/mol. The van der Waals surface area contributed by atoms with Gasteiger partial charge in [0.2, 0.25) is 0 Å². The summed E-state index contributed by atoms with van der Waals surface area (Å²) in [5, 5.41) is 0. The third-order valence-electron chi connectivity index (χ3n) is 9.62. The van der Waals surface area contributed by atoms with E-state index in [-0.39, 0.29) is 0 Å². The van der Waals surface area contributed by atoms with E-state index in [1.54, 1.807) is 23.7 Å². The molecule has 4 atom stereocenters. The zero-order chi connectivity index (χ0) is 29.2. The summed E-state index contributed by atoms with van der Waals surface area (Å²) in [7, 11) is 19.7. The third kappa shape index (κ3) is 9.96. The second kappa shape index (κ2) is 18.9. The maximum atomic E-state index is 4.93. The van der Waals surface area contributed by atoms with E-state index in [4.69, 9.17) is 34.1 Å². The monoisotopic (exact) mass is 768 g/mol. The molecule has 10 aliphatic carbocycles. The molecule has 0 aromatic rings. The quantitative estimate of drug-likeness (QED) is 0.230. The zero-order valence-corrected chi connectivity index (χ0v) is 31.8. The number of rotatable bonds is 0. The molecule has 10 rings (SSSR count). The van der Waals surface area contributed by atoms with Gasteiger partial charge in [0.25, 0.3) is 0 Å². The van der Waals surface area contributed by atoms with Gasteiger partial charge in [0.05, 0.1) is 0 Å². The van der Waals surface area contributed by atoms with Gasteiger partial charge in [0, 0.05) is 0 Å². The van der Waals surface area contributed by atoms with Crippen LogP contribution in [0, 0.1) is 161 Å². The molecule has 0 N–H and O–H groups in total. The predicted octanol–water partition coefficient (Wildman–Crippen LogP) is 10.5. The number of halogens is 4. The molecule has 0 aromatic heterocycles. The minimum atomic E-state index is -0.826. The summed E-state index contributed by atoms with van der Waals surface area (Å²) >= 11 is -1.65. The Bertz CT molecular complexity index is 620. The molecule has 212 valence electrons. The molecule has 6 heteroatoms. The predicted molar refractivity (Wildman–Crippen MR) is 165 cm³/mol. The fourth-order valence-electron chi connectivity index (χ4n) is 6.95. The normalized spacial score (nSPS) is 34.0. The van der Waals surface area contributed by atoms with Crippen molar-refractivity contribution in [3.8, 4) is 0 Å². The minimum absolute atomic E-state index is 0.599. The van der Waals surface area contributed by atoms with E-state index < -0.39 is 41.7 Å². The van der Waals surface area contributed by atoms with Crippen molar-refractivity contribution < 1.29 is 41.7 Å². The first-order valence-corrected chi connectivity index (χ1v) is 26.6. The van der Waals surface area contributed by atoms with Crippen molar-refractivity contribution >= 4 is 34.1 Å². The molecule has 0 aliphatic heterocycles. The Morgan fingerprint density at radius 2 is 0.775 bits per heavy atom. The Morgan fingerprint density at radius 1 is 0.500 bits per heavy atom. The Kier molecular flexibility index (Phi) is 17.7. The van der Waals surface area contributed by atoms with Gasteiger partial charge in [-0.3, -0.25) is 0 Å². The fourth-order valence-corrected chi connectivity index (χ4v) is 6.95. The molecule has 20 radical (unpaired) electrons. The molecule has 10 fully saturated rings. The Morgan fingerprint density at radius 3 is 1.02 bits per heavy atom. The Hall–Kier alpha value is 2.93. The molecule has 0 aromatic carbocycles. The third-order valence-corrected chi connectivity index (χ3v) is 9.62. The first-order valence-electron chi connectivity index (χ1n) is 14.0. The summed E-state index contributed by atoms with van der Waals surface area (Å²) in [5.74, 6) is 10.3. The van der Waals surface area contributed by atoms with E-state index in [0.29, 0.717) is 10.8 Å². The van der Waals surface area contributed by atoms with Crippen molar-refractivity contribution in [1.82, 2.24) is 0 Å². The van der Waals surface area contributed by atoms with Gasteiger partial charge in [0.1, 0.15) is 0 Å². The summed E-state index contributed by atoms with van der Waals surface area (Å²) in [6.45, 7) is 9.73. The van der Waals surface area contributed by atoms with Gasteiger partial charge in [-0.2, -0.15) is 0 Å². The Balaban J connectivity index is 0.000000146. The summed E-state index contributed by atoms with van der Waals surface area (Å²) in [5.41, 5.74) is 1.20. The average Bonchev–Trinajstić information content (AvgIpc) is 3.78. The number of hydrogen-bond acceptors (Lipinski definition) is 0. The van der Waals surface area contributed by atoms with Crippen molar-refractivity contribution in [3.05, 3.63) is 126 Å². The van der Waals surface area contributed by atoms with Crippen LogP contribution < -0.4 is 0 Å². The fraction of sp³-hybridized carbons (Fsp3) is 0.412. The van der Waals surface area contributed by atoms with Gasteiger partial charge < -0.3 is 0 Å². The molecule has 10 aliphatic rings. The standard InChI is InChI=1S/2C12H15.2C5H5.4ClH.2Zr/c2*1-12(2)9-6-8-4-3-5-10(8)11(12)7-9;2*1-2-4-5-3-1;;;;;;/h2*3-5,9,11H,6-7H2,1-2H3;2*1-5H;4*1H;;/q;;;;;;;;2*+2/p-4. The van der Waals surface area contributed by atoms with Gasteiger partial charge >= 0.3 is 75.7 Å². The SMILES string of the molecule is CC1(C)C2C[C]3[CH][CH][CH][C]3C1C2.CC1(C)C2C[C]3[CH][CH][CH][C]3C1C2.[CH]1[CH][CH][CH][CH]1.[CH]1[CH][CH][CH][CH]1.[Cl][Zr][Cl].[Cl][Zr][Cl]. The first kappa shape index (κ1) is 37.4. The van der Waals surface area contributed by atoms with E-state index >= 15 is 0 Å². The van der Waals surface area contributed by atoms with E-state index in [2.05, 4.69) is 66.2 Å². The summed E-state index contributed by atoms with van der Waals surface area (Å²) in [6, 6.07) is 0. The van der Waals surface area contributed by atoms with Crippen molar-refractivity contribution in [2.24, 2.45) is 34.5 Å². The first-order chi connectivity index (χ1) is 19.2. The molecule has 10 saturated carbocycles. The molecule has 4 bridgehead atoms. The van der Waals surface area contributed by atoms with Crippen LogP contribution >= 0.6 is 34.1 Å². The molecule has 0 amide bonds. The zero-order valence-electron chi connectivity index (χ0n) is 23.9. The molecule has 0 spiro atoms. The summed E-state index contributed by atoms with van der Waals surface area (Å²) < 4.78 is 0. The molecule has 40 heavy (non-hydrogen) atoms. The van der Waals surface area contributed by atoms with Gasteiger partial charge in [-0.1, -0.05) is 27.7 Å². The van der Waals surface area contributed by atoms with E-state index in [1.165, 1.54) is 25.7 Å². The van der Waals surface area contributed by atoms with Crippen molar-refractivity contribution in [3.63, 3.8) is 0 Å². The van der Waals surface area contributed by atoms with Crippen LogP contribution in [0.2, 0.25) is 0 Å². The molecular weight excluding hydrogens is 733 g/mol. The second-order valence-electron chi connectivity index (χ2n) is 12.1. The van der Waals surface area contributed by atoms with E-state index in [1.807, 2.05) is 64.2 Å².